The van der Waals surface area contributed by atoms with E-state index >= 15 is 0 Å². The summed E-state index contributed by atoms with van der Waals surface area (Å²) < 4.78 is 22.2. The highest BCUT2D eigenvalue weighted by atomic mass is 19.1. The van der Waals surface area contributed by atoms with Crippen LogP contribution in [0.4, 0.5) is 31.2 Å². The maximum absolute atomic E-state index is 14.8. The number of anilines is 3. The Morgan fingerprint density at radius 1 is 1.24 bits per heavy atom. The maximum Gasteiger partial charge on any atom is 0.323 e. The fourth-order valence-electron chi connectivity index (χ4n) is 3.54. The van der Waals surface area contributed by atoms with E-state index in [9.17, 15) is 14.0 Å². The van der Waals surface area contributed by atoms with Gasteiger partial charge in [0.1, 0.15) is 11.6 Å². The van der Waals surface area contributed by atoms with Gasteiger partial charge in [-0.2, -0.15) is 5.10 Å². The molecule has 0 saturated heterocycles. The zero-order chi connectivity index (χ0) is 23.7. The van der Waals surface area contributed by atoms with Crippen molar-refractivity contribution in [2.45, 2.75) is 27.3 Å². The summed E-state index contributed by atoms with van der Waals surface area (Å²) in [5.74, 6) is 0.101. The molecule has 0 bridgehead atoms. The Morgan fingerprint density at radius 3 is 2.70 bits per heavy atom. The van der Waals surface area contributed by atoms with Crippen molar-refractivity contribution in [1.82, 2.24) is 19.7 Å². The molecule has 10 nitrogen and oxygen atoms in total. The zero-order valence-electron chi connectivity index (χ0n) is 18.7. The average Bonchev–Trinajstić information content (AvgIpc) is 3.01. The van der Waals surface area contributed by atoms with Crippen LogP contribution in [0.1, 0.15) is 23.9 Å². The number of carbonyl (C=O) groups is 2. The summed E-state index contributed by atoms with van der Waals surface area (Å²) >= 11 is 0. The van der Waals surface area contributed by atoms with Crippen LogP contribution in [0.5, 0.6) is 11.5 Å². The first kappa shape index (κ1) is 22.1. The first-order valence-electron chi connectivity index (χ1n) is 10.4. The number of rotatable bonds is 5. The minimum atomic E-state index is -0.653. The van der Waals surface area contributed by atoms with Gasteiger partial charge in [-0.15, -0.1) is 0 Å². The molecule has 0 radical (unpaired) electrons. The van der Waals surface area contributed by atoms with Crippen molar-refractivity contribution in [2.75, 3.05) is 22.5 Å². The summed E-state index contributed by atoms with van der Waals surface area (Å²) in [6, 6.07) is 4.99. The summed E-state index contributed by atoms with van der Waals surface area (Å²) in [6.07, 6.45) is 1.48. The topological polar surface area (TPSA) is 113 Å². The van der Waals surface area contributed by atoms with Gasteiger partial charge in [0.15, 0.2) is 11.6 Å². The quantitative estimate of drug-likeness (QED) is 0.531. The molecule has 3 heterocycles. The van der Waals surface area contributed by atoms with E-state index in [2.05, 4.69) is 26.0 Å². The highest BCUT2D eigenvalue weighted by molar-refractivity contribution is 6.00. The van der Waals surface area contributed by atoms with E-state index in [1.807, 2.05) is 13.8 Å². The second-order valence-corrected chi connectivity index (χ2v) is 7.58. The summed E-state index contributed by atoms with van der Waals surface area (Å²) in [6.45, 7) is 6.30. The molecule has 0 unspecified atom stereocenters. The number of nitrogens with one attached hydrogen (secondary N) is 3. The van der Waals surface area contributed by atoms with Crippen molar-refractivity contribution in [2.24, 2.45) is 7.05 Å². The largest absolute Gasteiger partial charge is 0.454 e. The number of hydrogen-bond acceptors (Lipinski definition) is 5. The number of amides is 4. The van der Waals surface area contributed by atoms with Crippen LogP contribution in [0.15, 0.2) is 30.5 Å². The van der Waals surface area contributed by atoms with Crippen molar-refractivity contribution >= 4 is 29.3 Å². The normalized spacial score (nSPS) is 12.8. The number of hydrogen-bond donors (Lipinski definition) is 3. The zero-order valence-corrected chi connectivity index (χ0v) is 18.7. The number of aryl methyl sites for hydroxylation is 2. The lowest BCUT2D eigenvalue weighted by Gasteiger charge is -2.28. The number of benzene rings is 1. The Kier molecular flexibility index (Phi) is 5.86. The number of aromatic nitrogens is 3. The lowest BCUT2D eigenvalue weighted by atomic mass is 10.2. The minimum absolute atomic E-state index is 0.0201. The van der Waals surface area contributed by atoms with Gasteiger partial charge >= 0.3 is 12.1 Å². The van der Waals surface area contributed by atoms with Crippen molar-refractivity contribution in [3.63, 3.8) is 0 Å². The molecule has 1 aliphatic heterocycles. The van der Waals surface area contributed by atoms with E-state index in [-0.39, 0.29) is 17.5 Å². The van der Waals surface area contributed by atoms with Crippen molar-refractivity contribution in [3.05, 3.63) is 53.2 Å². The van der Waals surface area contributed by atoms with E-state index in [0.29, 0.717) is 41.6 Å². The third-order valence-electron chi connectivity index (χ3n) is 5.41. The molecular weight excluding hydrogens is 429 g/mol. The predicted octanol–water partition coefficient (Wildman–Crippen LogP) is 4.37. The second-order valence-electron chi connectivity index (χ2n) is 7.58. The van der Waals surface area contributed by atoms with Crippen molar-refractivity contribution in [1.29, 1.82) is 0 Å². The van der Waals surface area contributed by atoms with E-state index in [4.69, 9.17) is 4.74 Å². The van der Waals surface area contributed by atoms with Gasteiger partial charge in [0.2, 0.25) is 0 Å². The van der Waals surface area contributed by atoms with Gasteiger partial charge < -0.3 is 20.3 Å². The molecule has 1 aliphatic rings. The molecule has 0 atom stereocenters. The summed E-state index contributed by atoms with van der Waals surface area (Å²) in [7, 11) is 1.78. The highest BCUT2D eigenvalue weighted by Crippen LogP contribution is 2.34. The third kappa shape index (κ3) is 4.43. The maximum atomic E-state index is 14.8. The fraction of sp³-hybridized carbons (Fsp3) is 0.273. The number of nitrogens with zero attached hydrogens (tertiary/aromatic N) is 4. The Balaban J connectivity index is 1.48. The molecule has 2 aromatic heterocycles. The Morgan fingerprint density at radius 2 is 2.03 bits per heavy atom. The van der Waals surface area contributed by atoms with Crippen LogP contribution in [0, 0.1) is 19.7 Å². The molecule has 11 heteroatoms. The van der Waals surface area contributed by atoms with Crippen LogP contribution < -0.4 is 20.7 Å². The molecule has 0 aliphatic carbocycles. The Labute approximate surface area is 189 Å². The molecule has 3 N–H and O–H groups in total. The highest BCUT2D eigenvalue weighted by Gasteiger charge is 2.25. The SMILES string of the molecule is CCN1Cc2c(Oc3ccc(NC(=O)Nc4c(C)nn(C)c4C)cc3F)ccnc2NC1=O. The molecule has 0 spiro atoms. The van der Waals surface area contributed by atoms with E-state index in [1.165, 1.54) is 24.4 Å². The van der Waals surface area contributed by atoms with Crippen molar-refractivity contribution in [3.8, 4) is 11.5 Å². The van der Waals surface area contributed by atoms with Crippen LogP contribution in [0.2, 0.25) is 0 Å². The smallest absolute Gasteiger partial charge is 0.323 e. The van der Waals surface area contributed by atoms with Gasteiger partial charge in [-0.1, -0.05) is 0 Å². The predicted molar refractivity (Wildman–Crippen MR) is 121 cm³/mol. The van der Waals surface area contributed by atoms with Gasteiger partial charge in [-0.25, -0.2) is 19.0 Å². The second kappa shape index (κ2) is 8.77. The molecule has 1 aromatic carbocycles. The average molecular weight is 453 g/mol. The van der Waals surface area contributed by atoms with Crippen LogP contribution in [-0.2, 0) is 13.6 Å². The Bertz CT molecular complexity index is 1240. The number of ether oxygens (including phenoxy) is 1. The number of carbonyl (C=O) groups excluding carboxylic acids is 2. The summed E-state index contributed by atoms with van der Waals surface area (Å²) in [4.78, 5) is 30.1. The van der Waals surface area contributed by atoms with Crippen LogP contribution in [0.25, 0.3) is 0 Å². The van der Waals surface area contributed by atoms with Crippen LogP contribution in [0.3, 0.4) is 0 Å². The lowest BCUT2D eigenvalue weighted by molar-refractivity contribution is 0.209. The van der Waals surface area contributed by atoms with Crippen LogP contribution in [-0.4, -0.2) is 38.3 Å². The molecule has 0 fully saturated rings. The van der Waals surface area contributed by atoms with Gasteiger partial charge in [0, 0.05) is 31.5 Å². The molecule has 4 rings (SSSR count). The van der Waals surface area contributed by atoms with Crippen LogP contribution >= 0.6 is 0 Å². The van der Waals surface area contributed by atoms with Gasteiger partial charge in [0.05, 0.1) is 29.2 Å². The number of fused-ring (bicyclic) bond motifs is 1. The Hall–Kier alpha value is -4.15. The van der Waals surface area contributed by atoms with Gasteiger partial charge in [0.25, 0.3) is 0 Å². The molecule has 33 heavy (non-hydrogen) atoms. The van der Waals surface area contributed by atoms with Gasteiger partial charge in [-0.05, 0) is 39.0 Å². The molecular formula is C22H24FN7O3. The lowest BCUT2D eigenvalue weighted by Crippen LogP contribution is -2.38. The first-order valence-corrected chi connectivity index (χ1v) is 10.4. The summed E-state index contributed by atoms with van der Waals surface area (Å²) in [5.41, 5.74) is 3.00. The van der Waals surface area contributed by atoms with E-state index in [0.717, 1.165) is 5.69 Å². The number of urea groups is 2. The number of pyridine rings is 1. The standard InChI is InChI=1S/C22H24FN7O3/c1-5-30-11-15-17(8-9-24-20(15)27-22(30)32)33-18-7-6-14(10-16(18)23)25-21(31)26-19-12(2)28-29(4)13(19)3/h6-10H,5,11H2,1-4H3,(H,24,27,32)(H2,25,26,31). The number of halogens is 1. The molecule has 0 saturated carbocycles. The van der Waals surface area contributed by atoms with Crippen molar-refractivity contribution < 1.29 is 18.7 Å². The minimum Gasteiger partial charge on any atom is -0.454 e. The molecule has 172 valence electrons. The monoisotopic (exact) mass is 453 g/mol. The summed E-state index contributed by atoms with van der Waals surface area (Å²) in [5, 5.41) is 12.3. The van der Waals surface area contributed by atoms with E-state index < -0.39 is 11.8 Å². The molecule has 3 aromatic rings. The fourth-order valence-corrected chi connectivity index (χ4v) is 3.54. The van der Waals surface area contributed by atoms with Gasteiger partial charge in [-0.3, -0.25) is 10.00 Å². The first-order chi connectivity index (χ1) is 15.8. The molecule has 4 amide bonds. The van der Waals surface area contributed by atoms with E-state index in [1.54, 1.807) is 29.6 Å². The third-order valence-corrected chi connectivity index (χ3v) is 5.41.